The predicted octanol–water partition coefficient (Wildman–Crippen LogP) is 3.23. The van der Waals surface area contributed by atoms with Crippen LogP contribution in [0.15, 0.2) is 52.9 Å². The average Bonchev–Trinajstić information content (AvgIpc) is 3.12. The Labute approximate surface area is 177 Å². The molecule has 158 valence electrons. The van der Waals surface area contributed by atoms with E-state index in [2.05, 4.69) is 10.3 Å². The van der Waals surface area contributed by atoms with Crippen molar-refractivity contribution in [3.05, 3.63) is 65.5 Å². The fourth-order valence-corrected chi connectivity index (χ4v) is 3.83. The van der Waals surface area contributed by atoms with Crippen LogP contribution in [0.2, 0.25) is 0 Å². The summed E-state index contributed by atoms with van der Waals surface area (Å²) in [6, 6.07) is 14.7. The van der Waals surface area contributed by atoms with Gasteiger partial charge in [-0.25, -0.2) is 4.98 Å². The number of amides is 1. The number of carbonyl (C=O) groups excluding carboxylic acids is 1. The average molecular weight is 429 g/mol. The Balaban J connectivity index is 1.53. The second-order valence-corrected chi connectivity index (χ2v) is 8.06. The molecule has 0 aliphatic heterocycles. The molecule has 0 saturated heterocycles. The second-order valence-electron chi connectivity index (χ2n) is 6.60. The molecule has 0 fully saturated rings. The lowest BCUT2D eigenvalue weighted by Crippen LogP contribution is -2.28. The maximum atomic E-state index is 12.4. The van der Waals surface area contributed by atoms with Crippen molar-refractivity contribution in [1.29, 1.82) is 0 Å². The van der Waals surface area contributed by atoms with Gasteiger partial charge in [-0.05, 0) is 48.9 Å². The highest BCUT2D eigenvalue weighted by Crippen LogP contribution is 2.24. The number of rotatable bonds is 9. The first-order chi connectivity index (χ1) is 14.5. The summed E-state index contributed by atoms with van der Waals surface area (Å²) in [5.41, 5.74) is 2.32. The van der Waals surface area contributed by atoms with E-state index in [-0.39, 0.29) is 17.4 Å². The molecule has 0 aliphatic rings. The number of hydrogen-bond donors (Lipinski definition) is 1. The number of aryl methyl sites for hydroxylation is 1. The lowest BCUT2D eigenvalue weighted by molar-refractivity contribution is -0.118. The van der Waals surface area contributed by atoms with Crippen molar-refractivity contribution in [3.63, 3.8) is 0 Å². The number of methoxy groups -OCH3 is 2. The molecule has 7 nitrogen and oxygen atoms in total. The van der Waals surface area contributed by atoms with Crippen molar-refractivity contribution >= 4 is 16.7 Å². The third-order valence-electron chi connectivity index (χ3n) is 4.47. The summed E-state index contributed by atoms with van der Waals surface area (Å²) < 4.78 is 28.4. The molecule has 1 amide bonds. The lowest BCUT2D eigenvalue weighted by Gasteiger charge is -2.06. The van der Waals surface area contributed by atoms with E-state index < -0.39 is 10.8 Å². The summed E-state index contributed by atoms with van der Waals surface area (Å²) in [5, 5.41) is 2.78. The number of carbonyl (C=O) groups is 1. The van der Waals surface area contributed by atoms with Crippen LogP contribution in [0.4, 0.5) is 0 Å². The lowest BCUT2D eigenvalue weighted by atomic mass is 10.2. The van der Waals surface area contributed by atoms with Crippen LogP contribution in [0, 0.1) is 6.92 Å². The minimum atomic E-state index is -1.40. The smallest absolute Gasteiger partial charge is 0.232 e. The largest absolute Gasteiger partial charge is 0.497 e. The Bertz CT molecular complexity index is 1010. The van der Waals surface area contributed by atoms with E-state index in [4.69, 9.17) is 13.9 Å². The molecule has 2 aromatic carbocycles. The van der Waals surface area contributed by atoms with Gasteiger partial charge in [-0.2, -0.15) is 0 Å². The first-order valence-corrected chi connectivity index (χ1v) is 10.8. The second kappa shape index (κ2) is 10.1. The van der Waals surface area contributed by atoms with Crippen molar-refractivity contribution in [1.82, 2.24) is 10.3 Å². The normalized spacial score (nSPS) is 11.7. The summed E-state index contributed by atoms with van der Waals surface area (Å²) in [6.07, 6.45) is 0. The van der Waals surface area contributed by atoms with Gasteiger partial charge in [0, 0.05) is 22.9 Å². The van der Waals surface area contributed by atoms with Crippen molar-refractivity contribution in [2.75, 3.05) is 20.0 Å². The van der Waals surface area contributed by atoms with Crippen molar-refractivity contribution in [2.45, 2.75) is 19.2 Å². The van der Waals surface area contributed by atoms with E-state index >= 15 is 0 Å². The third kappa shape index (κ3) is 5.70. The predicted molar refractivity (Wildman–Crippen MR) is 115 cm³/mol. The summed E-state index contributed by atoms with van der Waals surface area (Å²) in [4.78, 5) is 16.6. The van der Waals surface area contributed by atoms with Gasteiger partial charge in [0.15, 0.2) is 0 Å². The van der Waals surface area contributed by atoms with Gasteiger partial charge in [0.1, 0.15) is 23.0 Å². The van der Waals surface area contributed by atoms with E-state index in [1.54, 1.807) is 21.1 Å². The van der Waals surface area contributed by atoms with Gasteiger partial charge >= 0.3 is 0 Å². The standard InChI is InChI=1S/C22H24N2O5S/c1-15-20(24-22(29-15)17-6-10-19(28-3)11-7-17)13-30(26)14-21(25)23-12-16-4-8-18(27-2)9-5-16/h4-11H,12-14H2,1-3H3,(H,23,25)/t30-/m1/s1. The molecule has 0 spiro atoms. The number of nitrogens with one attached hydrogen (secondary N) is 1. The quantitative estimate of drug-likeness (QED) is 0.563. The van der Waals surface area contributed by atoms with Crippen LogP contribution in [-0.4, -0.2) is 35.1 Å². The van der Waals surface area contributed by atoms with Crippen LogP contribution >= 0.6 is 0 Å². The molecule has 30 heavy (non-hydrogen) atoms. The van der Waals surface area contributed by atoms with Gasteiger partial charge in [-0.15, -0.1) is 0 Å². The van der Waals surface area contributed by atoms with E-state index in [0.29, 0.717) is 23.9 Å². The fourth-order valence-electron chi connectivity index (χ4n) is 2.76. The van der Waals surface area contributed by atoms with Crippen molar-refractivity contribution in [3.8, 4) is 23.0 Å². The van der Waals surface area contributed by atoms with E-state index in [9.17, 15) is 9.00 Å². The molecule has 1 aromatic heterocycles. The van der Waals surface area contributed by atoms with E-state index in [1.807, 2.05) is 48.5 Å². The molecule has 0 radical (unpaired) electrons. The highest BCUT2D eigenvalue weighted by molar-refractivity contribution is 7.84. The van der Waals surface area contributed by atoms with Gasteiger partial charge in [0.25, 0.3) is 0 Å². The first kappa shape index (κ1) is 21.6. The Morgan fingerprint density at radius 2 is 1.63 bits per heavy atom. The Hall–Kier alpha value is -3.13. The number of ether oxygens (including phenoxy) is 2. The van der Waals surface area contributed by atoms with Gasteiger partial charge in [0.05, 0.1) is 25.7 Å². The Morgan fingerprint density at radius 3 is 2.23 bits per heavy atom. The molecule has 0 saturated carbocycles. The van der Waals surface area contributed by atoms with Crippen molar-refractivity contribution < 1.29 is 22.9 Å². The number of aromatic nitrogens is 1. The molecular weight excluding hydrogens is 404 g/mol. The summed E-state index contributed by atoms with van der Waals surface area (Å²) in [5.74, 6) is 2.31. The molecule has 1 atom stereocenters. The van der Waals surface area contributed by atoms with Crippen LogP contribution in [0.5, 0.6) is 11.5 Å². The maximum Gasteiger partial charge on any atom is 0.232 e. The summed E-state index contributed by atoms with van der Waals surface area (Å²) >= 11 is 0. The highest BCUT2D eigenvalue weighted by atomic mass is 32.2. The van der Waals surface area contributed by atoms with Crippen LogP contribution in [0.3, 0.4) is 0 Å². The molecule has 3 aromatic rings. The van der Waals surface area contributed by atoms with Gasteiger partial charge in [-0.1, -0.05) is 12.1 Å². The third-order valence-corrected chi connectivity index (χ3v) is 5.65. The zero-order valence-electron chi connectivity index (χ0n) is 17.1. The fraction of sp³-hybridized carbons (Fsp3) is 0.273. The van der Waals surface area contributed by atoms with E-state index in [1.165, 1.54) is 0 Å². The zero-order chi connectivity index (χ0) is 21.5. The zero-order valence-corrected chi connectivity index (χ0v) is 18.0. The summed E-state index contributed by atoms with van der Waals surface area (Å²) in [6.45, 7) is 2.14. The SMILES string of the molecule is COc1ccc(CNC(=O)C[S@](=O)Cc2nc(-c3ccc(OC)cc3)oc2C)cc1. The number of hydrogen-bond acceptors (Lipinski definition) is 6. The monoisotopic (exact) mass is 428 g/mol. The van der Waals surface area contributed by atoms with Gasteiger partial charge < -0.3 is 19.2 Å². The molecule has 1 N–H and O–H groups in total. The van der Waals surface area contributed by atoms with Crippen LogP contribution in [0.25, 0.3) is 11.5 Å². The molecular formula is C22H24N2O5S. The van der Waals surface area contributed by atoms with Gasteiger partial charge in [-0.3, -0.25) is 9.00 Å². The van der Waals surface area contributed by atoms with E-state index in [0.717, 1.165) is 22.6 Å². The highest BCUT2D eigenvalue weighted by Gasteiger charge is 2.16. The first-order valence-electron chi connectivity index (χ1n) is 9.34. The van der Waals surface area contributed by atoms with Gasteiger partial charge in [0.2, 0.25) is 11.8 Å². The summed E-state index contributed by atoms with van der Waals surface area (Å²) in [7, 11) is 1.80. The topological polar surface area (TPSA) is 90.7 Å². The minimum Gasteiger partial charge on any atom is -0.497 e. The van der Waals surface area contributed by atoms with Crippen molar-refractivity contribution in [2.24, 2.45) is 0 Å². The van der Waals surface area contributed by atoms with Crippen LogP contribution in [0.1, 0.15) is 17.0 Å². The number of nitrogens with zero attached hydrogens (tertiary/aromatic N) is 1. The number of oxazole rings is 1. The Morgan fingerprint density at radius 1 is 1.03 bits per heavy atom. The molecule has 0 aliphatic carbocycles. The van der Waals surface area contributed by atoms with Crippen LogP contribution in [-0.2, 0) is 27.9 Å². The molecule has 0 unspecified atom stereocenters. The minimum absolute atomic E-state index is 0.0969. The maximum absolute atomic E-state index is 12.4. The molecule has 0 bridgehead atoms. The number of benzene rings is 2. The molecule has 8 heteroatoms. The molecule has 1 heterocycles. The Kier molecular flexibility index (Phi) is 7.24. The van der Waals surface area contributed by atoms with Crippen LogP contribution < -0.4 is 14.8 Å². The molecule has 3 rings (SSSR count).